The van der Waals surface area contributed by atoms with Crippen molar-refractivity contribution in [1.29, 1.82) is 0 Å². The van der Waals surface area contributed by atoms with Crippen molar-refractivity contribution in [2.45, 2.75) is 13.0 Å². The Hall–Kier alpha value is -1.86. The second kappa shape index (κ2) is 7.58. The molecule has 0 spiro atoms. The van der Waals surface area contributed by atoms with Crippen LogP contribution in [0.3, 0.4) is 0 Å². The van der Waals surface area contributed by atoms with Gasteiger partial charge in [-0.15, -0.1) is 0 Å². The van der Waals surface area contributed by atoms with Crippen LogP contribution in [-0.4, -0.2) is 27.1 Å². The molecule has 0 unspecified atom stereocenters. The lowest BCUT2D eigenvalue weighted by molar-refractivity contribution is -0.136. The van der Waals surface area contributed by atoms with Crippen LogP contribution >= 0.6 is 27.7 Å². The highest BCUT2D eigenvalue weighted by atomic mass is 79.9. The molecule has 0 saturated carbocycles. The number of thioether (sulfide) groups is 1. The van der Waals surface area contributed by atoms with Gasteiger partial charge in [0.25, 0.3) is 0 Å². The summed E-state index contributed by atoms with van der Waals surface area (Å²) < 4.78 is 16.5. The zero-order valence-corrected chi connectivity index (χ0v) is 15.6. The molecule has 0 bridgehead atoms. The lowest BCUT2D eigenvalue weighted by Gasteiger charge is -2.15. The Morgan fingerprint density at radius 1 is 1.12 bits per heavy atom. The van der Waals surface area contributed by atoms with E-state index in [9.17, 15) is 14.0 Å². The SMILES string of the molecule is O=C(O)CCSCCn1c2ccc(F)cc2c(=O)c2ccc(Br)cc21. The molecular weight excluding hydrogens is 409 g/mol. The summed E-state index contributed by atoms with van der Waals surface area (Å²) in [7, 11) is 0. The second-order valence-electron chi connectivity index (χ2n) is 5.56. The van der Waals surface area contributed by atoms with Crippen molar-refractivity contribution in [3.63, 3.8) is 0 Å². The predicted octanol–water partition coefficient (Wildman–Crippen LogP) is 4.26. The van der Waals surface area contributed by atoms with Crippen molar-refractivity contribution in [2.24, 2.45) is 0 Å². The third-order valence-corrected chi connectivity index (χ3v) is 5.37. The highest BCUT2D eigenvalue weighted by Crippen LogP contribution is 2.24. The molecule has 0 aliphatic carbocycles. The molecule has 7 heteroatoms. The quantitative estimate of drug-likeness (QED) is 0.475. The number of carboxylic acid groups (broad SMARTS) is 1. The number of benzene rings is 2. The molecule has 0 amide bonds. The van der Waals surface area contributed by atoms with Crippen molar-refractivity contribution in [3.8, 4) is 0 Å². The molecule has 3 rings (SSSR count). The molecule has 1 heterocycles. The van der Waals surface area contributed by atoms with E-state index in [0.717, 1.165) is 9.99 Å². The van der Waals surface area contributed by atoms with E-state index in [1.54, 1.807) is 18.2 Å². The molecule has 1 N–H and O–H groups in total. The summed E-state index contributed by atoms with van der Waals surface area (Å²) >= 11 is 4.97. The first-order valence-corrected chi connectivity index (χ1v) is 9.63. The van der Waals surface area contributed by atoms with Crippen LogP contribution < -0.4 is 5.43 Å². The first-order valence-electron chi connectivity index (χ1n) is 7.68. The molecule has 1 aromatic heterocycles. The Bertz CT molecular complexity index is 1020. The van der Waals surface area contributed by atoms with Gasteiger partial charge in [-0.05, 0) is 36.4 Å². The van der Waals surface area contributed by atoms with Crippen LogP contribution in [0.25, 0.3) is 21.8 Å². The minimum absolute atomic E-state index is 0.118. The number of aromatic nitrogens is 1. The molecular formula is C18H15BrFNO3S. The minimum atomic E-state index is -0.814. The number of hydrogen-bond acceptors (Lipinski definition) is 3. The van der Waals surface area contributed by atoms with Gasteiger partial charge in [-0.2, -0.15) is 11.8 Å². The molecule has 0 saturated heterocycles. The molecule has 2 aromatic carbocycles. The fourth-order valence-electron chi connectivity index (χ4n) is 2.78. The Morgan fingerprint density at radius 3 is 2.68 bits per heavy atom. The zero-order valence-electron chi connectivity index (χ0n) is 13.2. The molecule has 4 nitrogen and oxygen atoms in total. The summed E-state index contributed by atoms with van der Waals surface area (Å²) in [5, 5.41) is 9.60. The number of carbonyl (C=O) groups is 1. The van der Waals surface area contributed by atoms with Gasteiger partial charge in [0.15, 0.2) is 5.43 Å². The van der Waals surface area contributed by atoms with Crippen LogP contribution in [0, 0.1) is 5.82 Å². The van der Waals surface area contributed by atoms with Gasteiger partial charge in [0, 0.05) is 33.3 Å². The number of rotatable bonds is 6. The number of hydrogen-bond donors (Lipinski definition) is 1. The van der Waals surface area contributed by atoms with E-state index in [4.69, 9.17) is 5.11 Å². The number of carboxylic acids is 1. The molecule has 25 heavy (non-hydrogen) atoms. The monoisotopic (exact) mass is 423 g/mol. The highest BCUT2D eigenvalue weighted by Gasteiger charge is 2.12. The maximum absolute atomic E-state index is 13.6. The Kier molecular flexibility index (Phi) is 5.44. The number of nitrogens with zero attached hydrogens (tertiary/aromatic N) is 1. The van der Waals surface area contributed by atoms with Gasteiger partial charge < -0.3 is 9.67 Å². The third kappa shape index (κ3) is 3.88. The molecule has 0 fully saturated rings. The van der Waals surface area contributed by atoms with E-state index in [0.29, 0.717) is 34.3 Å². The smallest absolute Gasteiger partial charge is 0.304 e. The lowest BCUT2D eigenvalue weighted by atomic mass is 10.1. The van der Waals surface area contributed by atoms with Crippen LogP contribution in [-0.2, 0) is 11.3 Å². The summed E-state index contributed by atoms with van der Waals surface area (Å²) in [6.45, 7) is 0.597. The fourth-order valence-corrected chi connectivity index (χ4v) is 3.96. The van der Waals surface area contributed by atoms with Crippen molar-refractivity contribution < 1.29 is 14.3 Å². The van der Waals surface area contributed by atoms with Crippen LogP contribution in [0.4, 0.5) is 4.39 Å². The van der Waals surface area contributed by atoms with Gasteiger partial charge in [-0.25, -0.2) is 4.39 Å². The van der Waals surface area contributed by atoms with Crippen LogP contribution in [0.15, 0.2) is 45.7 Å². The molecule has 0 aliphatic rings. The molecule has 130 valence electrons. The number of halogens is 2. The number of aryl methyl sites for hydroxylation is 1. The van der Waals surface area contributed by atoms with E-state index in [-0.39, 0.29) is 11.8 Å². The summed E-state index contributed by atoms with van der Waals surface area (Å²) in [5.41, 5.74) is 1.26. The molecule has 0 radical (unpaired) electrons. The lowest BCUT2D eigenvalue weighted by Crippen LogP contribution is -2.13. The average molecular weight is 424 g/mol. The fraction of sp³-hybridized carbons (Fsp3) is 0.222. The van der Waals surface area contributed by atoms with Crippen LogP contribution in [0.5, 0.6) is 0 Å². The Morgan fingerprint density at radius 2 is 1.92 bits per heavy atom. The molecule has 3 aromatic rings. The molecule has 0 aliphatic heterocycles. The second-order valence-corrected chi connectivity index (χ2v) is 7.70. The topological polar surface area (TPSA) is 59.3 Å². The Labute approximate surface area is 155 Å². The summed E-state index contributed by atoms with van der Waals surface area (Å²) in [4.78, 5) is 23.3. The maximum atomic E-state index is 13.6. The van der Waals surface area contributed by atoms with Gasteiger partial charge in [0.1, 0.15) is 5.82 Å². The van der Waals surface area contributed by atoms with Crippen LogP contribution in [0.1, 0.15) is 6.42 Å². The number of fused-ring (bicyclic) bond motifs is 2. The van der Waals surface area contributed by atoms with Crippen molar-refractivity contribution in [2.75, 3.05) is 11.5 Å². The number of aliphatic carboxylic acids is 1. The number of pyridine rings is 1. The van der Waals surface area contributed by atoms with Crippen LogP contribution in [0.2, 0.25) is 0 Å². The van der Waals surface area contributed by atoms with Crippen molar-refractivity contribution >= 4 is 55.5 Å². The van der Waals surface area contributed by atoms with E-state index in [1.807, 2.05) is 10.6 Å². The van der Waals surface area contributed by atoms with Gasteiger partial charge in [-0.1, -0.05) is 15.9 Å². The standard InChI is InChI=1S/C18H15BrFNO3S/c19-11-1-3-13-16(9-11)21(6-8-25-7-5-17(22)23)15-4-2-12(20)10-14(15)18(13)24/h1-4,9-10H,5-8H2,(H,22,23). The van der Waals surface area contributed by atoms with Gasteiger partial charge in [-0.3, -0.25) is 9.59 Å². The van der Waals surface area contributed by atoms with E-state index in [2.05, 4.69) is 15.9 Å². The largest absolute Gasteiger partial charge is 0.481 e. The highest BCUT2D eigenvalue weighted by molar-refractivity contribution is 9.10. The zero-order chi connectivity index (χ0) is 18.0. The third-order valence-electron chi connectivity index (χ3n) is 3.91. The first-order chi connectivity index (χ1) is 12.0. The van der Waals surface area contributed by atoms with E-state index in [1.165, 1.54) is 23.9 Å². The summed E-state index contributed by atoms with van der Waals surface area (Å²) in [6, 6.07) is 9.64. The maximum Gasteiger partial charge on any atom is 0.304 e. The normalized spacial score (nSPS) is 11.3. The van der Waals surface area contributed by atoms with Gasteiger partial charge in [0.05, 0.1) is 17.5 Å². The summed E-state index contributed by atoms with van der Waals surface area (Å²) in [5.74, 6) is -0.0249. The minimum Gasteiger partial charge on any atom is -0.481 e. The summed E-state index contributed by atoms with van der Waals surface area (Å²) in [6.07, 6.45) is 0.118. The molecule has 0 atom stereocenters. The van der Waals surface area contributed by atoms with Crippen molar-refractivity contribution in [3.05, 3.63) is 56.9 Å². The predicted molar refractivity (Wildman–Crippen MR) is 103 cm³/mol. The Balaban J connectivity index is 2.06. The van der Waals surface area contributed by atoms with E-state index >= 15 is 0 Å². The average Bonchev–Trinajstić information content (AvgIpc) is 2.57. The van der Waals surface area contributed by atoms with Crippen molar-refractivity contribution in [1.82, 2.24) is 4.57 Å². The van der Waals surface area contributed by atoms with Gasteiger partial charge in [0.2, 0.25) is 0 Å². The first kappa shape index (κ1) is 17.9. The van der Waals surface area contributed by atoms with Gasteiger partial charge >= 0.3 is 5.97 Å². The van der Waals surface area contributed by atoms with E-state index < -0.39 is 11.8 Å².